The van der Waals surface area contributed by atoms with E-state index in [9.17, 15) is 4.79 Å². The standard InChI is InChI=1S/C17H16ClN5S2.C16H13N5S2.C6H3Cl2NO.C5H5ClN2S.C5H4ClN/c1-17(11-5-4-8-19-14(11)18,12-6-9-20-15(22-12)24-2)13-7-10-21-16(23-13)25-3;1-22-15-18-8-5-11(20-15)13-10-4-3-7-17-14(10)21-12(13)6-9-19-16(21)23-2;7-5-4(6(8)10)2-1-3-9-5;1-9-5-7-3-2-4(6)8-5;6-5-3-1-2-4-7-5/h4-10H,1-3H3;3-9H,1-2H3;1-3H;2-3H,1H3;1-4H. The average Bonchev–Trinajstić information content (AvgIpc) is 3.79. The summed E-state index contributed by atoms with van der Waals surface area (Å²) in [4.78, 5) is 66.0. The molecule has 0 fully saturated rings. The molecule has 10 aromatic rings. The van der Waals surface area contributed by atoms with E-state index in [1.807, 2.05) is 98.3 Å². The summed E-state index contributed by atoms with van der Waals surface area (Å²) >= 11 is 35.7. The van der Waals surface area contributed by atoms with Crippen molar-refractivity contribution in [2.45, 2.75) is 38.1 Å². The molecule has 0 unspecified atom stereocenters. The molecule has 0 spiro atoms. The normalized spacial score (nSPS) is 10.7. The van der Waals surface area contributed by atoms with Gasteiger partial charge in [-0.1, -0.05) is 117 Å². The average molecular weight is 1180 g/mol. The number of pyridine rings is 4. The van der Waals surface area contributed by atoms with Crippen molar-refractivity contribution in [1.29, 1.82) is 0 Å². The Bertz CT molecular complexity index is 3400. The van der Waals surface area contributed by atoms with Gasteiger partial charge < -0.3 is 0 Å². The highest BCUT2D eigenvalue weighted by molar-refractivity contribution is 7.99. The Hall–Kier alpha value is -5.26. The molecule has 0 saturated heterocycles. The molecule has 0 aliphatic rings. The van der Waals surface area contributed by atoms with Crippen molar-refractivity contribution in [3.05, 3.63) is 184 Å². The molecule has 0 aliphatic carbocycles. The van der Waals surface area contributed by atoms with E-state index >= 15 is 0 Å². The lowest BCUT2D eigenvalue weighted by Gasteiger charge is -2.29. The molecule has 10 rings (SSSR count). The van der Waals surface area contributed by atoms with Gasteiger partial charge >= 0.3 is 0 Å². The second kappa shape index (κ2) is 29.1. The predicted octanol–water partition coefficient (Wildman–Crippen LogP) is 13.6. The molecule has 0 radical (unpaired) electrons. The highest BCUT2D eigenvalue weighted by Gasteiger charge is 2.37. The zero-order valence-electron chi connectivity index (χ0n) is 39.9. The summed E-state index contributed by atoms with van der Waals surface area (Å²) < 4.78 is 2.09. The van der Waals surface area contributed by atoms with Crippen molar-refractivity contribution in [2.24, 2.45) is 0 Å². The van der Waals surface area contributed by atoms with Gasteiger partial charge in [0.2, 0.25) is 0 Å². The number of fused-ring (bicyclic) bond motifs is 3. The zero-order valence-corrected chi connectivity index (χ0v) is 47.7. The monoisotopic (exact) mass is 1180 g/mol. The van der Waals surface area contributed by atoms with Gasteiger partial charge in [-0.05, 0) is 123 Å². The fraction of sp³-hybridized carbons (Fsp3) is 0.143. The predicted molar refractivity (Wildman–Crippen MR) is 305 cm³/mol. The lowest BCUT2D eigenvalue weighted by atomic mass is 9.77. The number of carbonyl (C=O) groups excluding carboxylic acids is 1. The molecule has 0 bridgehead atoms. The van der Waals surface area contributed by atoms with Gasteiger partial charge in [-0.2, -0.15) is 0 Å². The fourth-order valence-corrected chi connectivity index (χ4v) is 9.59. The molecule has 0 amide bonds. The number of hydrogen-bond donors (Lipinski definition) is 0. The number of carbonyl (C=O) groups is 1. The maximum absolute atomic E-state index is 10.5. The van der Waals surface area contributed by atoms with Crippen LogP contribution in [-0.2, 0) is 5.41 Å². The van der Waals surface area contributed by atoms with Gasteiger partial charge in [-0.25, -0.2) is 64.8 Å². The number of halogens is 5. The number of aromatic nitrogens is 14. The first-order valence-electron chi connectivity index (χ1n) is 21.3. The molecule has 15 nitrogen and oxygen atoms in total. The summed E-state index contributed by atoms with van der Waals surface area (Å²) in [7, 11) is 0. The molecule has 10 heterocycles. The van der Waals surface area contributed by atoms with Gasteiger partial charge in [0, 0.05) is 72.3 Å². The molecule has 10 aromatic heterocycles. The number of rotatable bonds is 10. The summed E-state index contributed by atoms with van der Waals surface area (Å²) in [5.74, 6) is 0. The first-order chi connectivity index (χ1) is 35.9. The van der Waals surface area contributed by atoms with E-state index in [2.05, 4.69) is 72.2 Å². The van der Waals surface area contributed by atoms with Gasteiger partial charge in [0.25, 0.3) is 5.24 Å². The van der Waals surface area contributed by atoms with Crippen molar-refractivity contribution in [1.82, 2.24) is 69.2 Å². The topological polar surface area (TPSA) is 189 Å². The third-order valence-electron chi connectivity index (χ3n) is 9.96. The largest absolute Gasteiger partial charge is 0.275 e. The molecule has 25 heteroatoms. The lowest BCUT2D eigenvalue weighted by molar-refractivity contribution is 0.108. The SMILES string of the molecule is CSc1nccc(-c2c3cccnc3n3c(SC)nccc23)n1.CSc1nccc(C(C)(c2ccnc(SC)n2)c2cccnc2Cl)n1.CSc1nccc(Cl)n1.Clc1ccccn1.O=C(Cl)c1cccnc1Cl. The van der Waals surface area contributed by atoms with Crippen molar-refractivity contribution in [3.63, 3.8) is 0 Å². The van der Waals surface area contributed by atoms with Crippen molar-refractivity contribution < 1.29 is 4.79 Å². The van der Waals surface area contributed by atoms with Crippen LogP contribution in [0.3, 0.4) is 0 Å². The van der Waals surface area contributed by atoms with Crippen molar-refractivity contribution in [3.8, 4) is 11.3 Å². The first-order valence-corrected chi connectivity index (χ1v) is 29.3. The minimum Gasteiger partial charge on any atom is -0.275 e. The Morgan fingerprint density at radius 3 is 1.54 bits per heavy atom. The summed E-state index contributed by atoms with van der Waals surface area (Å²) in [5, 5.41) is 5.88. The fourth-order valence-electron chi connectivity index (χ4n) is 6.60. The lowest BCUT2D eigenvalue weighted by Crippen LogP contribution is -2.29. The molecule has 378 valence electrons. The number of nitrogens with zero attached hydrogens (tertiary/aromatic N) is 14. The third kappa shape index (κ3) is 15.2. The van der Waals surface area contributed by atoms with E-state index in [-0.39, 0.29) is 10.7 Å². The van der Waals surface area contributed by atoms with Crippen LogP contribution in [0.4, 0.5) is 0 Å². The Balaban J connectivity index is 0.000000165. The van der Waals surface area contributed by atoms with Gasteiger partial charge in [0.1, 0.15) is 26.3 Å². The van der Waals surface area contributed by atoms with E-state index in [1.54, 1.807) is 67.1 Å². The Kier molecular flexibility index (Phi) is 22.9. The van der Waals surface area contributed by atoms with E-state index in [4.69, 9.17) is 68.0 Å². The van der Waals surface area contributed by atoms with Crippen LogP contribution in [-0.4, -0.2) is 106 Å². The summed E-state index contributed by atoms with van der Waals surface area (Å²) in [5.41, 5.74) is 5.97. The second-order valence-electron chi connectivity index (χ2n) is 14.3. The molecule has 0 N–H and O–H groups in total. The van der Waals surface area contributed by atoms with E-state index < -0.39 is 10.7 Å². The van der Waals surface area contributed by atoms with Crippen LogP contribution in [0, 0.1) is 0 Å². The van der Waals surface area contributed by atoms with Crippen molar-refractivity contribution >= 4 is 139 Å². The van der Waals surface area contributed by atoms with Crippen LogP contribution < -0.4 is 0 Å². The maximum Gasteiger partial charge on any atom is 0.255 e. The van der Waals surface area contributed by atoms with E-state index in [1.165, 1.54) is 59.3 Å². The minimum atomic E-state index is -0.674. The van der Waals surface area contributed by atoms with Crippen LogP contribution in [0.25, 0.3) is 27.8 Å². The van der Waals surface area contributed by atoms with E-state index in [0.717, 1.165) is 55.1 Å². The van der Waals surface area contributed by atoms with Gasteiger partial charge in [0.05, 0.1) is 33.6 Å². The van der Waals surface area contributed by atoms with Crippen LogP contribution in [0.5, 0.6) is 0 Å². The molecule has 0 aromatic carbocycles. The molecular weight excluding hydrogens is 1140 g/mol. The van der Waals surface area contributed by atoms with Crippen LogP contribution in [0.2, 0.25) is 20.6 Å². The number of hydrogen-bond acceptors (Lipinski definition) is 19. The highest BCUT2D eigenvalue weighted by Crippen LogP contribution is 2.40. The zero-order chi connectivity index (χ0) is 53.0. The second-order valence-corrected chi connectivity index (χ2v) is 20.0. The maximum atomic E-state index is 10.5. The molecule has 74 heavy (non-hydrogen) atoms. The molecule has 0 atom stereocenters. The number of thioether (sulfide) groups is 5. The highest BCUT2D eigenvalue weighted by atomic mass is 35.5. The Labute approximate surface area is 473 Å². The minimum absolute atomic E-state index is 0.141. The Morgan fingerprint density at radius 1 is 0.486 bits per heavy atom. The van der Waals surface area contributed by atoms with Crippen LogP contribution in [0.15, 0.2) is 166 Å². The van der Waals surface area contributed by atoms with Crippen LogP contribution in [0.1, 0.15) is 34.2 Å². The summed E-state index contributed by atoms with van der Waals surface area (Å²) in [6.07, 6.45) is 25.2. The quantitative estimate of drug-likeness (QED) is 0.0413. The van der Waals surface area contributed by atoms with E-state index in [0.29, 0.717) is 30.9 Å². The summed E-state index contributed by atoms with van der Waals surface area (Å²) in [6, 6.07) is 25.8. The molecule has 0 aliphatic heterocycles. The summed E-state index contributed by atoms with van der Waals surface area (Å²) in [6.45, 7) is 2.05. The van der Waals surface area contributed by atoms with Gasteiger partial charge in [-0.3, -0.25) is 9.20 Å². The van der Waals surface area contributed by atoms with Gasteiger partial charge in [-0.15, -0.1) is 0 Å². The Morgan fingerprint density at radius 2 is 1.03 bits per heavy atom. The van der Waals surface area contributed by atoms with Gasteiger partial charge in [0.15, 0.2) is 25.8 Å². The third-order valence-corrected chi connectivity index (χ3v) is 14.1. The molecular formula is C49H41Cl5N14OS5. The van der Waals surface area contributed by atoms with Crippen molar-refractivity contribution in [2.75, 3.05) is 31.3 Å². The molecule has 0 saturated carbocycles. The van der Waals surface area contributed by atoms with Crippen LogP contribution >= 0.6 is 117 Å². The smallest absolute Gasteiger partial charge is 0.255 e. The first kappa shape index (κ1) is 58.0.